The third kappa shape index (κ3) is 4.92. The number of carbonyl (C=O) groups is 2. The van der Waals surface area contributed by atoms with Crippen LogP contribution in [0, 0.1) is 25.7 Å². The van der Waals surface area contributed by atoms with E-state index in [9.17, 15) is 9.59 Å². The van der Waals surface area contributed by atoms with Crippen molar-refractivity contribution in [2.24, 2.45) is 11.8 Å². The molecule has 4 rings (SSSR count). The van der Waals surface area contributed by atoms with Gasteiger partial charge in [-0.05, 0) is 50.3 Å². The Hall–Kier alpha value is -2.96. The molecule has 3 atom stereocenters. The molecule has 32 heavy (non-hydrogen) atoms. The third-order valence-electron chi connectivity index (χ3n) is 6.69. The molecule has 2 fully saturated rings. The summed E-state index contributed by atoms with van der Waals surface area (Å²) in [7, 11) is 1.63. The van der Waals surface area contributed by atoms with E-state index in [4.69, 9.17) is 14.7 Å². The molecule has 0 spiro atoms. The molecule has 1 aromatic heterocycles. The molecule has 1 N–H and O–H groups in total. The molecule has 170 valence electrons. The average Bonchev–Trinajstić information content (AvgIpc) is 3.31. The Morgan fingerprint density at radius 2 is 1.94 bits per heavy atom. The van der Waals surface area contributed by atoms with Crippen molar-refractivity contribution in [3.05, 3.63) is 52.6 Å². The number of aryl methyl sites for hydroxylation is 2. The molecule has 1 aromatic carbocycles. The van der Waals surface area contributed by atoms with Crippen LogP contribution in [0.3, 0.4) is 0 Å². The van der Waals surface area contributed by atoms with Gasteiger partial charge in [-0.3, -0.25) is 9.59 Å². The lowest BCUT2D eigenvalue weighted by molar-refractivity contribution is -0.131. The van der Waals surface area contributed by atoms with Gasteiger partial charge in [0.1, 0.15) is 11.6 Å². The molecule has 0 bridgehead atoms. The number of ether oxygens (including phenoxy) is 1. The van der Waals surface area contributed by atoms with E-state index >= 15 is 0 Å². The van der Waals surface area contributed by atoms with Crippen LogP contribution < -0.4 is 10.1 Å². The molecule has 7 nitrogen and oxygen atoms in total. The molecule has 1 aliphatic heterocycles. The van der Waals surface area contributed by atoms with E-state index < -0.39 is 0 Å². The van der Waals surface area contributed by atoms with Crippen LogP contribution in [0.25, 0.3) is 0 Å². The fraction of sp³-hybridized carbons (Fsp3) is 0.520. The minimum absolute atomic E-state index is 0.0634. The lowest BCUT2D eigenvalue weighted by Crippen LogP contribution is -2.30. The van der Waals surface area contributed by atoms with Crippen molar-refractivity contribution in [3.8, 4) is 5.75 Å². The minimum atomic E-state index is -0.0634. The first-order valence-electron chi connectivity index (χ1n) is 11.4. The highest BCUT2D eigenvalue weighted by atomic mass is 16.5. The largest absolute Gasteiger partial charge is 0.497 e. The number of hydrogen-bond donors (Lipinski definition) is 1. The molecule has 1 saturated heterocycles. The quantitative estimate of drug-likeness (QED) is 0.721. The summed E-state index contributed by atoms with van der Waals surface area (Å²) in [5.74, 6) is 2.70. The molecule has 7 heteroatoms. The number of nitrogens with zero attached hydrogens (tertiary/aromatic N) is 3. The molecular formula is C25H32N4O3. The second-order valence-electron chi connectivity index (χ2n) is 9.13. The van der Waals surface area contributed by atoms with Crippen LogP contribution in [-0.2, 0) is 22.6 Å². The van der Waals surface area contributed by atoms with Crippen LogP contribution in [0.15, 0.2) is 24.3 Å². The highest BCUT2D eigenvalue weighted by molar-refractivity contribution is 5.82. The molecule has 2 amide bonds. The van der Waals surface area contributed by atoms with Gasteiger partial charge >= 0.3 is 0 Å². The number of amides is 2. The summed E-state index contributed by atoms with van der Waals surface area (Å²) in [5.41, 5.74) is 3.53. The smallest absolute Gasteiger partial charge is 0.225 e. The van der Waals surface area contributed by atoms with E-state index in [2.05, 4.69) is 12.2 Å². The SMILES string of the molecule is COc1cccc(CNC(=O)Cc2c(C)nc([C@@H]3CCN(C(=O)[C@H]4C[C@H]4C)C3)nc2C)c1. The number of likely N-dealkylation sites (tertiary alicyclic amines) is 1. The average molecular weight is 437 g/mol. The van der Waals surface area contributed by atoms with E-state index in [1.54, 1.807) is 7.11 Å². The summed E-state index contributed by atoms with van der Waals surface area (Å²) in [6.07, 6.45) is 2.16. The van der Waals surface area contributed by atoms with Gasteiger partial charge in [-0.1, -0.05) is 19.1 Å². The maximum Gasteiger partial charge on any atom is 0.225 e. The normalized spacial score (nSPS) is 22.0. The minimum Gasteiger partial charge on any atom is -0.497 e. The van der Waals surface area contributed by atoms with Crippen molar-refractivity contribution in [2.75, 3.05) is 20.2 Å². The highest BCUT2D eigenvalue weighted by Crippen LogP contribution is 2.40. The number of rotatable bonds is 7. The molecule has 2 aromatic rings. The zero-order chi connectivity index (χ0) is 22.8. The first-order valence-corrected chi connectivity index (χ1v) is 11.4. The third-order valence-corrected chi connectivity index (χ3v) is 6.69. The van der Waals surface area contributed by atoms with Crippen molar-refractivity contribution in [1.82, 2.24) is 20.2 Å². The fourth-order valence-electron chi connectivity index (χ4n) is 4.48. The Bertz CT molecular complexity index is 999. The predicted octanol–water partition coefficient (Wildman–Crippen LogP) is 2.93. The van der Waals surface area contributed by atoms with Gasteiger partial charge in [-0.25, -0.2) is 9.97 Å². The zero-order valence-electron chi connectivity index (χ0n) is 19.4. The Labute approximate surface area is 189 Å². The van der Waals surface area contributed by atoms with Crippen LogP contribution in [0.1, 0.15) is 54.0 Å². The van der Waals surface area contributed by atoms with Crippen LogP contribution >= 0.6 is 0 Å². The number of methoxy groups -OCH3 is 1. The van der Waals surface area contributed by atoms with Crippen LogP contribution in [0.4, 0.5) is 0 Å². The van der Waals surface area contributed by atoms with Crippen LogP contribution in [0.5, 0.6) is 5.75 Å². The second kappa shape index (κ2) is 9.27. The molecule has 2 heterocycles. The number of hydrogen-bond acceptors (Lipinski definition) is 5. The topological polar surface area (TPSA) is 84.4 Å². The number of benzene rings is 1. The summed E-state index contributed by atoms with van der Waals surface area (Å²) in [5, 5.41) is 2.97. The Balaban J connectivity index is 1.36. The van der Waals surface area contributed by atoms with Gasteiger partial charge in [0.2, 0.25) is 11.8 Å². The van der Waals surface area contributed by atoms with E-state index in [0.29, 0.717) is 19.0 Å². The molecular weight excluding hydrogens is 404 g/mol. The van der Waals surface area contributed by atoms with Gasteiger partial charge in [0, 0.05) is 48.4 Å². The Morgan fingerprint density at radius 3 is 2.59 bits per heavy atom. The number of aromatic nitrogens is 2. The van der Waals surface area contributed by atoms with Gasteiger partial charge in [-0.2, -0.15) is 0 Å². The summed E-state index contributed by atoms with van der Waals surface area (Å²) >= 11 is 0. The highest BCUT2D eigenvalue weighted by Gasteiger charge is 2.43. The number of carbonyl (C=O) groups excluding carboxylic acids is 2. The van der Waals surface area contributed by atoms with Crippen molar-refractivity contribution in [1.29, 1.82) is 0 Å². The second-order valence-corrected chi connectivity index (χ2v) is 9.13. The summed E-state index contributed by atoms with van der Waals surface area (Å²) in [4.78, 5) is 36.5. The monoisotopic (exact) mass is 436 g/mol. The summed E-state index contributed by atoms with van der Waals surface area (Å²) in [6, 6.07) is 7.65. The van der Waals surface area contributed by atoms with E-state index in [1.807, 2.05) is 43.0 Å². The van der Waals surface area contributed by atoms with Crippen molar-refractivity contribution in [3.63, 3.8) is 0 Å². The summed E-state index contributed by atoms with van der Waals surface area (Å²) in [6.45, 7) is 7.93. The predicted molar refractivity (Wildman–Crippen MR) is 121 cm³/mol. The molecule has 1 saturated carbocycles. The molecule has 0 unspecified atom stereocenters. The van der Waals surface area contributed by atoms with Gasteiger partial charge in [-0.15, -0.1) is 0 Å². The van der Waals surface area contributed by atoms with Crippen molar-refractivity contribution in [2.45, 2.75) is 52.5 Å². The molecule has 2 aliphatic rings. The fourth-order valence-corrected chi connectivity index (χ4v) is 4.48. The lowest BCUT2D eigenvalue weighted by Gasteiger charge is -2.17. The van der Waals surface area contributed by atoms with Gasteiger partial charge in [0.15, 0.2) is 0 Å². The van der Waals surface area contributed by atoms with E-state index in [-0.39, 0.29) is 30.1 Å². The van der Waals surface area contributed by atoms with Gasteiger partial charge in [0.05, 0.1) is 13.5 Å². The first kappa shape index (κ1) is 22.2. The Morgan fingerprint density at radius 1 is 1.22 bits per heavy atom. The maximum atomic E-state index is 12.6. The van der Waals surface area contributed by atoms with Crippen LogP contribution in [0.2, 0.25) is 0 Å². The Kier molecular flexibility index (Phi) is 6.44. The first-order chi connectivity index (χ1) is 15.4. The van der Waals surface area contributed by atoms with E-state index in [1.165, 1.54) is 0 Å². The molecule has 0 radical (unpaired) electrons. The standard InChI is InChI=1S/C25H32N4O3/c1-15-10-21(15)25(31)29-9-8-19(14-29)24-27-16(2)22(17(3)28-24)12-23(30)26-13-18-6-5-7-20(11-18)32-4/h5-7,11,15,19,21H,8-10,12-14H2,1-4H3,(H,26,30)/t15-,19-,21+/m1/s1. The van der Waals surface area contributed by atoms with Gasteiger partial charge < -0.3 is 15.0 Å². The van der Waals surface area contributed by atoms with E-state index in [0.717, 1.165) is 53.5 Å². The van der Waals surface area contributed by atoms with Crippen molar-refractivity contribution >= 4 is 11.8 Å². The lowest BCUT2D eigenvalue weighted by atomic mass is 10.0. The van der Waals surface area contributed by atoms with Gasteiger partial charge in [0.25, 0.3) is 0 Å². The number of nitrogens with one attached hydrogen (secondary N) is 1. The molecule has 1 aliphatic carbocycles. The van der Waals surface area contributed by atoms with Crippen molar-refractivity contribution < 1.29 is 14.3 Å². The summed E-state index contributed by atoms with van der Waals surface area (Å²) < 4.78 is 5.23. The zero-order valence-corrected chi connectivity index (χ0v) is 19.4. The van der Waals surface area contributed by atoms with Crippen LogP contribution in [-0.4, -0.2) is 46.9 Å². The maximum absolute atomic E-state index is 12.6.